The number of hydrogen-bond donors (Lipinski definition) is 3. The van der Waals surface area contributed by atoms with E-state index in [9.17, 15) is 31.3 Å². The Morgan fingerprint density at radius 2 is 1.84 bits per heavy atom. The van der Waals surface area contributed by atoms with Gasteiger partial charge in [0.1, 0.15) is 34.9 Å². The van der Waals surface area contributed by atoms with Gasteiger partial charge in [0.25, 0.3) is 0 Å². The second-order valence-corrected chi connectivity index (χ2v) is 11.8. The zero-order valence-corrected chi connectivity index (χ0v) is 20.3. The lowest BCUT2D eigenvalue weighted by atomic mass is 9.96. The van der Waals surface area contributed by atoms with E-state index in [0.717, 1.165) is 27.5 Å². The third-order valence-corrected chi connectivity index (χ3v) is 6.89. The van der Waals surface area contributed by atoms with Crippen molar-refractivity contribution in [3.63, 3.8) is 0 Å². The Balaban J connectivity index is 1.65. The fourth-order valence-electron chi connectivity index (χ4n) is 4.58. The van der Waals surface area contributed by atoms with Crippen molar-refractivity contribution < 1.29 is 44.9 Å². The van der Waals surface area contributed by atoms with Gasteiger partial charge in [-0.15, -0.1) is 5.48 Å². The van der Waals surface area contributed by atoms with E-state index in [-0.39, 0.29) is 11.3 Å². The van der Waals surface area contributed by atoms with Gasteiger partial charge in [0.2, 0.25) is 0 Å². The third kappa shape index (κ3) is 4.40. The number of nitrogens with zero attached hydrogens (tertiary/aromatic N) is 2. The van der Waals surface area contributed by atoms with Gasteiger partial charge in [-0.1, -0.05) is 10.5 Å². The van der Waals surface area contributed by atoms with Gasteiger partial charge in [-0.25, -0.2) is 18.0 Å². The summed E-state index contributed by atoms with van der Waals surface area (Å²) in [7, 11) is -2.56. The minimum absolute atomic E-state index is 0.179. The van der Waals surface area contributed by atoms with Crippen LogP contribution >= 0.6 is 10.5 Å². The molecule has 2 aliphatic rings. The van der Waals surface area contributed by atoms with Gasteiger partial charge in [0.05, 0.1) is 12.1 Å². The third-order valence-electron chi connectivity index (χ3n) is 6.03. The maximum absolute atomic E-state index is 15.2. The van der Waals surface area contributed by atoms with Crippen molar-refractivity contribution in [3.8, 4) is 22.6 Å². The highest BCUT2D eigenvalue weighted by atomic mass is 32.3. The highest BCUT2D eigenvalue weighted by Gasteiger charge is 2.52. The Morgan fingerprint density at radius 3 is 2.42 bits per heavy atom. The molecule has 2 atom stereocenters. The van der Waals surface area contributed by atoms with Gasteiger partial charge in [0.15, 0.2) is 11.9 Å². The largest absolute Gasteiger partial charge is 0.435 e. The molecule has 206 valence electrons. The Labute approximate surface area is 211 Å². The second kappa shape index (κ2) is 8.93. The zero-order chi connectivity index (χ0) is 27.7. The Kier molecular flexibility index (Phi) is 6.20. The molecule has 0 saturated heterocycles. The van der Waals surface area contributed by atoms with Gasteiger partial charge in [-0.3, -0.25) is 13.9 Å². The molecule has 3 N–H and O–H groups in total. The number of rotatable bonds is 6. The van der Waals surface area contributed by atoms with Crippen molar-refractivity contribution in [2.75, 3.05) is 12.5 Å². The fourth-order valence-corrected chi connectivity index (χ4v) is 5.50. The van der Waals surface area contributed by atoms with Crippen molar-refractivity contribution >= 4 is 10.5 Å². The Hall–Kier alpha value is -3.21. The molecular weight excluding hydrogens is 549 g/mol. The van der Waals surface area contributed by atoms with Crippen molar-refractivity contribution in [2.24, 2.45) is 0 Å². The number of hydroxylamine groups is 1. The maximum Gasteiger partial charge on any atom is 0.387 e. The Morgan fingerprint density at radius 1 is 1.18 bits per heavy atom. The van der Waals surface area contributed by atoms with E-state index in [1.54, 1.807) is 0 Å². The Bertz CT molecular complexity index is 1460. The smallest absolute Gasteiger partial charge is 0.387 e. The number of fused-ring (bicyclic) bond motifs is 2. The molecule has 3 aromatic rings. The summed E-state index contributed by atoms with van der Waals surface area (Å²) >= 11 is 0. The van der Waals surface area contributed by atoms with Gasteiger partial charge in [-0.05, 0) is 18.6 Å². The molecule has 2 aliphatic heterocycles. The monoisotopic (exact) mass is 568 g/mol. The fraction of sp³-hybridized carbons (Fsp3) is 0.318. The van der Waals surface area contributed by atoms with Gasteiger partial charge in [0, 0.05) is 35.5 Å². The number of alkyl halides is 4. The van der Waals surface area contributed by atoms with E-state index in [2.05, 4.69) is 14.9 Å². The molecule has 8 nitrogen and oxygen atoms in total. The standard InChI is InChI=1S/C22H19F7N4O4S/c1-38(2,35)31-15-7-32-16(22(15,28)29)8-33(21(32)34)19-18-11(17-12(24)3-9(23)4-13(17)25)5-10(36-20(26)27)6-14(18)37-30-19/h3-6,8,15,19-20,30-31,35H,7H2,1-2H3/t15-,19?/m1/s1. The lowest BCUT2D eigenvalue weighted by molar-refractivity contribution is -0.0499. The molecular formula is C22H19F7N4O4S. The molecule has 1 unspecified atom stereocenters. The van der Waals surface area contributed by atoms with Crippen LogP contribution in [0.3, 0.4) is 0 Å². The number of hydrogen-bond acceptors (Lipinski definition) is 6. The van der Waals surface area contributed by atoms with Crippen LogP contribution in [0.4, 0.5) is 30.7 Å². The van der Waals surface area contributed by atoms with Crippen LogP contribution < -0.4 is 25.5 Å². The van der Waals surface area contributed by atoms with E-state index in [0.29, 0.717) is 12.1 Å². The van der Waals surface area contributed by atoms with Crippen molar-refractivity contribution in [3.05, 3.63) is 69.7 Å². The number of halogens is 7. The minimum atomic E-state index is -3.59. The molecule has 5 rings (SSSR count). The summed E-state index contributed by atoms with van der Waals surface area (Å²) in [6, 6.07) is 0.931. The lowest BCUT2D eigenvalue weighted by Gasteiger charge is -2.31. The van der Waals surface area contributed by atoms with E-state index < -0.39 is 87.5 Å². The first-order valence-corrected chi connectivity index (χ1v) is 13.2. The molecule has 1 aromatic heterocycles. The van der Waals surface area contributed by atoms with E-state index in [1.807, 2.05) is 0 Å². The van der Waals surface area contributed by atoms with Crippen LogP contribution in [0.1, 0.15) is 17.4 Å². The number of nitrogens with one attached hydrogen (secondary N) is 2. The van der Waals surface area contributed by atoms with Crippen LogP contribution in [0.2, 0.25) is 0 Å². The van der Waals surface area contributed by atoms with Crippen molar-refractivity contribution in [1.82, 2.24) is 19.3 Å². The SMILES string of the molecule is CS(C)(O)N[C@@H]1Cn2c(cn(C3NOc4cc(OC(F)F)cc(-c5c(F)cc(F)cc5F)c43)c2=O)C1(F)F. The molecule has 0 bridgehead atoms. The first kappa shape index (κ1) is 26.4. The number of aromatic nitrogens is 2. The summed E-state index contributed by atoms with van der Waals surface area (Å²) in [4.78, 5) is 18.4. The molecule has 0 spiro atoms. The predicted octanol–water partition coefficient (Wildman–Crippen LogP) is 4.30. The molecule has 0 radical (unpaired) electrons. The van der Waals surface area contributed by atoms with Gasteiger partial charge < -0.3 is 14.1 Å². The van der Waals surface area contributed by atoms with Crippen LogP contribution in [0, 0.1) is 17.5 Å². The van der Waals surface area contributed by atoms with Crippen LogP contribution in [0.5, 0.6) is 11.5 Å². The average molecular weight is 568 g/mol. The van der Waals surface area contributed by atoms with E-state index >= 15 is 8.78 Å². The molecule has 38 heavy (non-hydrogen) atoms. The lowest BCUT2D eigenvalue weighted by Crippen LogP contribution is -2.42. The van der Waals surface area contributed by atoms with Crippen LogP contribution in [-0.2, 0) is 12.5 Å². The molecule has 0 amide bonds. The van der Waals surface area contributed by atoms with Gasteiger partial charge >= 0.3 is 18.2 Å². The maximum atomic E-state index is 15.2. The van der Waals surface area contributed by atoms with Crippen molar-refractivity contribution in [1.29, 1.82) is 0 Å². The average Bonchev–Trinajstić information content (AvgIpc) is 3.39. The predicted molar refractivity (Wildman–Crippen MR) is 122 cm³/mol. The quantitative estimate of drug-likeness (QED) is 0.385. The second-order valence-electron chi connectivity index (χ2n) is 9.01. The van der Waals surface area contributed by atoms with Crippen LogP contribution in [0.25, 0.3) is 11.1 Å². The zero-order valence-electron chi connectivity index (χ0n) is 19.4. The highest BCUT2D eigenvalue weighted by Crippen LogP contribution is 2.46. The topological polar surface area (TPSA) is 89.7 Å². The van der Waals surface area contributed by atoms with Crippen molar-refractivity contribution in [2.45, 2.75) is 31.3 Å². The summed E-state index contributed by atoms with van der Waals surface area (Å²) in [5.74, 6) is -8.49. The number of imidazole rings is 1. The normalized spacial score (nSPS) is 20.4. The van der Waals surface area contributed by atoms with Crippen LogP contribution in [0.15, 0.2) is 35.3 Å². The minimum Gasteiger partial charge on any atom is -0.435 e. The van der Waals surface area contributed by atoms with E-state index in [1.165, 1.54) is 12.5 Å². The molecule has 0 aliphatic carbocycles. The molecule has 2 aromatic carbocycles. The number of benzene rings is 2. The summed E-state index contributed by atoms with van der Waals surface area (Å²) in [6.45, 7) is -3.82. The van der Waals surface area contributed by atoms with Gasteiger partial charge in [-0.2, -0.15) is 17.6 Å². The first-order valence-electron chi connectivity index (χ1n) is 10.8. The molecule has 0 saturated carbocycles. The highest BCUT2D eigenvalue weighted by molar-refractivity contribution is 8.26. The number of ether oxygens (including phenoxy) is 1. The summed E-state index contributed by atoms with van der Waals surface area (Å²) < 4.78 is 118. The summed E-state index contributed by atoms with van der Waals surface area (Å²) in [5.41, 5.74) is -0.746. The first-order chi connectivity index (χ1) is 17.7. The molecule has 0 fully saturated rings. The molecule has 16 heteroatoms. The van der Waals surface area contributed by atoms with E-state index in [4.69, 9.17) is 4.84 Å². The summed E-state index contributed by atoms with van der Waals surface area (Å²) in [5, 5.41) is 0. The molecule has 3 heterocycles. The summed E-state index contributed by atoms with van der Waals surface area (Å²) in [6.07, 6.45) is 2.06. The van der Waals surface area contributed by atoms with Crippen LogP contribution in [-0.4, -0.2) is 38.9 Å².